The summed E-state index contributed by atoms with van der Waals surface area (Å²) in [4.78, 5) is 1.25. The third-order valence-corrected chi connectivity index (χ3v) is 4.68. The van der Waals surface area contributed by atoms with Crippen molar-refractivity contribution in [1.29, 1.82) is 0 Å². The lowest BCUT2D eigenvalue weighted by Crippen LogP contribution is -2.01. The fraction of sp³-hybridized carbons (Fsp3) is 0.0526. The van der Waals surface area contributed by atoms with Crippen LogP contribution in [0.5, 0.6) is 0 Å². The van der Waals surface area contributed by atoms with E-state index in [1.165, 1.54) is 10.5 Å². The van der Waals surface area contributed by atoms with Gasteiger partial charge in [0.25, 0.3) is 0 Å². The molecule has 1 atom stereocenters. The average Bonchev–Trinajstić information content (AvgIpc) is 2.55. The van der Waals surface area contributed by atoms with Gasteiger partial charge in [0.1, 0.15) is 0 Å². The normalized spacial score (nSPS) is 12.0. The molecule has 3 aromatic carbocycles. The SMILES string of the molecule is Nc1ccccc1C(Sc1ccccc1)c1ccccc1. The molecule has 0 bridgehead atoms. The number of anilines is 1. The molecule has 3 rings (SSSR count). The van der Waals surface area contributed by atoms with E-state index in [4.69, 9.17) is 5.73 Å². The standard InChI is InChI=1S/C19H17NS/c20-18-14-8-7-13-17(18)19(15-9-3-1-4-10-15)21-16-11-5-2-6-12-16/h1-14,19H,20H2. The Hall–Kier alpha value is -2.19. The number of rotatable bonds is 4. The van der Waals surface area contributed by atoms with Crippen LogP contribution in [0.25, 0.3) is 0 Å². The molecule has 1 nitrogen and oxygen atoms in total. The third kappa shape index (κ3) is 3.29. The topological polar surface area (TPSA) is 26.0 Å². The van der Waals surface area contributed by atoms with E-state index in [9.17, 15) is 0 Å². The first-order valence-electron chi connectivity index (χ1n) is 6.95. The van der Waals surface area contributed by atoms with Gasteiger partial charge in [0.05, 0.1) is 5.25 Å². The Morgan fingerprint density at radius 2 is 1.24 bits per heavy atom. The Kier molecular flexibility index (Phi) is 4.27. The van der Waals surface area contributed by atoms with Gasteiger partial charge in [-0.2, -0.15) is 0 Å². The van der Waals surface area contributed by atoms with E-state index in [1.807, 2.05) is 42.1 Å². The van der Waals surface area contributed by atoms with Crippen molar-refractivity contribution in [3.05, 3.63) is 96.1 Å². The van der Waals surface area contributed by atoms with Crippen LogP contribution in [0.4, 0.5) is 5.69 Å². The molecule has 0 spiro atoms. The van der Waals surface area contributed by atoms with Crippen molar-refractivity contribution in [3.63, 3.8) is 0 Å². The molecule has 104 valence electrons. The first kappa shape index (κ1) is 13.8. The number of benzene rings is 3. The Bertz CT molecular complexity index is 695. The van der Waals surface area contributed by atoms with E-state index < -0.39 is 0 Å². The Labute approximate surface area is 129 Å². The predicted octanol–water partition coefficient (Wildman–Crippen LogP) is 5.15. The van der Waals surface area contributed by atoms with E-state index in [1.54, 1.807) is 0 Å². The molecule has 0 aliphatic carbocycles. The highest BCUT2D eigenvalue weighted by atomic mass is 32.2. The zero-order valence-electron chi connectivity index (χ0n) is 11.6. The highest BCUT2D eigenvalue weighted by Crippen LogP contribution is 2.42. The largest absolute Gasteiger partial charge is 0.398 e. The second-order valence-electron chi connectivity index (χ2n) is 4.85. The Morgan fingerprint density at radius 3 is 1.90 bits per heavy atom. The number of para-hydroxylation sites is 1. The van der Waals surface area contributed by atoms with Gasteiger partial charge in [-0.1, -0.05) is 66.7 Å². The van der Waals surface area contributed by atoms with Gasteiger partial charge in [-0.3, -0.25) is 0 Å². The molecule has 0 aliphatic heterocycles. The summed E-state index contributed by atoms with van der Waals surface area (Å²) >= 11 is 1.83. The van der Waals surface area contributed by atoms with Crippen LogP contribution >= 0.6 is 11.8 Å². The highest BCUT2D eigenvalue weighted by Gasteiger charge is 2.17. The fourth-order valence-corrected chi connectivity index (χ4v) is 3.54. The number of nitrogen functional groups attached to an aromatic ring is 1. The summed E-state index contributed by atoms with van der Waals surface area (Å²) in [6.45, 7) is 0. The van der Waals surface area contributed by atoms with Crippen molar-refractivity contribution in [3.8, 4) is 0 Å². The highest BCUT2D eigenvalue weighted by molar-refractivity contribution is 7.99. The van der Waals surface area contributed by atoms with Crippen molar-refractivity contribution in [2.75, 3.05) is 5.73 Å². The summed E-state index contributed by atoms with van der Waals surface area (Å²) in [6.07, 6.45) is 0. The predicted molar refractivity (Wildman–Crippen MR) is 91.4 cm³/mol. The second-order valence-corrected chi connectivity index (χ2v) is 6.03. The van der Waals surface area contributed by atoms with Crippen molar-refractivity contribution in [2.45, 2.75) is 10.1 Å². The molecule has 0 saturated heterocycles. The van der Waals surface area contributed by atoms with Crippen LogP contribution in [-0.2, 0) is 0 Å². The van der Waals surface area contributed by atoms with E-state index in [2.05, 4.69) is 54.6 Å². The molecule has 2 heteroatoms. The minimum Gasteiger partial charge on any atom is -0.398 e. The van der Waals surface area contributed by atoms with Gasteiger partial charge in [-0.25, -0.2) is 0 Å². The number of hydrogen-bond acceptors (Lipinski definition) is 2. The summed E-state index contributed by atoms with van der Waals surface area (Å²) in [6, 6.07) is 29.1. The minimum atomic E-state index is 0.204. The zero-order valence-corrected chi connectivity index (χ0v) is 12.5. The van der Waals surface area contributed by atoms with Crippen LogP contribution < -0.4 is 5.73 Å². The third-order valence-electron chi connectivity index (χ3n) is 3.38. The first-order valence-corrected chi connectivity index (χ1v) is 7.83. The van der Waals surface area contributed by atoms with Crippen LogP contribution in [0.15, 0.2) is 89.8 Å². The second kappa shape index (κ2) is 6.51. The summed E-state index contributed by atoms with van der Waals surface area (Å²) < 4.78 is 0. The van der Waals surface area contributed by atoms with Crippen molar-refractivity contribution < 1.29 is 0 Å². The number of nitrogens with two attached hydrogens (primary N) is 1. The maximum Gasteiger partial charge on any atom is 0.0614 e. The molecule has 1 unspecified atom stereocenters. The maximum absolute atomic E-state index is 6.20. The van der Waals surface area contributed by atoms with Gasteiger partial charge < -0.3 is 5.73 Å². The van der Waals surface area contributed by atoms with Gasteiger partial charge in [0.2, 0.25) is 0 Å². The fourth-order valence-electron chi connectivity index (χ4n) is 2.32. The molecule has 0 radical (unpaired) electrons. The van der Waals surface area contributed by atoms with E-state index in [0.717, 1.165) is 11.3 Å². The Morgan fingerprint density at radius 1 is 0.667 bits per heavy atom. The van der Waals surface area contributed by atoms with Gasteiger partial charge >= 0.3 is 0 Å². The average molecular weight is 291 g/mol. The van der Waals surface area contributed by atoms with Crippen LogP contribution in [0.2, 0.25) is 0 Å². The molecule has 0 saturated carbocycles. The molecule has 0 aromatic heterocycles. The quantitative estimate of drug-likeness (QED) is 0.531. The molecule has 0 aliphatic rings. The minimum absolute atomic E-state index is 0.204. The van der Waals surface area contributed by atoms with Crippen LogP contribution in [0, 0.1) is 0 Å². The summed E-state index contributed by atoms with van der Waals surface area (Å²) in [5.74, 6) is 0. The molecule has 0 fully saturated rings. The number of thioether (sulfide) groups is 1. The van der Waals surface area contributed by atoms with Crippen molar-refractivity contribution in [1.82, 2.24) is 0 Å². The lowest BCUT2D eigenvalue weighted by molar-refractivity contribution is 1.15. The van der Waals surface area contributed by atoms with Crippen molar-refractivity contribution >= 4 is 17.4 Å². The molecule has 0 heterocycles. The smallest absolute Gasteiger partial charge is 0.0614 e. The van der Waals surface area contributed by atoms with Gasteiger partial charge in [-0.05, 0) is 29.3 Å². The molecule has 3 aromatic rings. The molecule has 2 N–H and O–H groups in total. The lowest BCUT2D eigenvalue weighted by Gasteiger charge is -2.19. The Balaban J connectivity index is 2.02. The molecule has 0 amide bonds. The maximum atomic E-state index is 6.20. The zero-order chi connectivity index (χ0) is 14.5. The molecular weight excluding hydrogens is 274 g/mol. The summed E-state index contributed by atoms with van der Waals surface area (Å²) in [5, 5.41) is 0.204. The monoisotopic (exact) mass is 291 g/mol. The van der Waals surface area contributed by atoms with Crippen LogP contribution in [0.1, 0.15) is 16.4 Å². The van der Waals surface area contributed by atoms with Gasteiger partial charge in [0.15, 0.2) is 0 Å². The van der Waals surface area contributed by atoms with Crippen LogP contribution in [0.3, 0.4) is 0 Å². The van der Waals surface area contributed by atoms with Gasteiger partial charge in [-0.15, -0.1) is 11.8 Å². The first-order chi connectivity index (χ1) is 10.3. The van der Waals surface area contributed by atoms with Crippen molar-refractivity contribution in [2.24, 2.45) is 0 Å². The molecule has 21 heavy (non-hydrogen) atoms. The van der Waals surface area contributed by atoms with E-state index in [0.29, 0.717) is 0 Å². The summed E-state index contributed by atoms with van der Waals surface area (Å²) in [5.41, 5.74) is 9.47. The summed E-state index contributed by atoms with van der Waals surface area (Å²) in [7, 11) is 0. The van der Waals surface area contributed by atoms with Crippen LogP contribution in [-0.4, -0.2) is 0 Å². The van der Waals surface area contributed by atoms with Gasteiger partial charge in [0, 0.05) is 10.6 Å². The lowest BCUT2D eigenvalue weighted by atomic mass is 10.0. The van der Waals surface area contributed by atoms with E-state index >= 15 is 0 Å². The van der Waals surface area contributed by atoms with E-state index in [-0.39, 0.29) is 5.25 Å². The number of hydrogen-bond donors (Lipinski definition) is 1. The molecular formula is C19H17NS.